The van der Waals surface area contributed by atoms with Crippen LogP contribution in [0.5, 0.6) is 0 Å². The molecule has 0 saturated heterocycles. The predicted octanol–water partition coefficient (Wildman–Crippen LogP) is 2.17. The van der Waals surface area contributed by atoms with Crippen molar-refractivity contribution in [3.63, 3.8) is 0 Å². The Kier molecular flexibility index (Phi) is 4.73. The molecule has 0 rings (SSSR count). The molecule has 0 N–H and O–H groups in total. The quantitative estimate of drug-likeness (QED) is 0.538. The van der Waals surface area contributed by atoms with Crippen molar-refractivity contribution < 1.29 is 0 Å². The van der Waals surface area contributed by atoms with Crippen LogP contribution in [0.2, 0.25) is 0 Å². The van der Waals surface area contributed by atoms with Crippen LogP contribution in [0.15, 0.2) is 0 Å². The second kappa shape index (κ2) is 4.51. The van der Waals surface area contributed by atoms with E-state index < -0.39 is 0 Å². The third kappa shape index (κ3) is 2.98. The number of hydrogen-bond acceptors (Lipinski definition) is 1. The van der Waals surface area contributed by atoms with E-state index in [0.29, 0.717) is 0 Å². The number of hydrogen-bond donors (Lipinski definition) is 1. The third-order valence-corrected chi connectivity index (χ3v) is 1.76. The van der Waals surface area contributed by atoms with Crippen molar-refractivity contribution in [2.24, 2.45) is 5.92 Å². The lowest BCUT2D eigenvalue weighted by Gasteiger charge is -2.04. The van der Waals surface area contributed by atoms with E-state index in [-0.39, 0.29) is 0 Å². The summed E-state index contributed by atoms with van der Waals surface area (Å²) in [6, 6.07) is 0. The van der Waals surface area contributed by atoms with Gasteiger partial charge in [0.2, 0.25) is 0 Å². The lowest BCUT2D eigenvalue weighted by Crippen LogP contribution is -1.96. The molecule has 0 amide bonds. The SMILES string of the molecule is [CH2]CC(CC)CS. The summed E-state index contributed by atoms with van der Waals surface area (Å²) in [5.74, 6) is 1.73. The van der Waals surface area contributed by atoms with Gasteiger partial charge in [0, 0.05) is 0 Å². The molecule has 0 saturated carbocycles. The van der Waals surface area contributed by atoms with Crippen molar-refractivity contribution in [3.8, 4) is 0 Å². The van der Waals surface area contributed by atoms with E-state index in [1.54, 1.807) is 0 Å². The van der Waals surface area contributed by atoms with Gasteiger partial charge in [-0.2, -0.15) is 12.6 Å². The Morgan fingerprint density at radius 1 is 1.71 bits per heavy atom. The highest BCUT2D eigenvalue weighted by Crippen LogP contribution is 2.07. The van der Waals surface area contributed by atoms with Gasteiger partial charge in [-0.1, -0.05) is 20.3 Å². The van der Waals surface area contributed by atoms with Crippen LogP contribution in [-0.2, 0) is 0 Å². The third-order valence-electron chi connectivity index (χ3n) is 1.24. The Balaban J connectivity index is 2.99. The van der Waals surface area contributed by atoms with E-state index in [9.17, 15) is 0 Å². The summed E-state index contributed by atoms with van der Waals surface area (Å²) in [6.45, 7) is 5.95. The maximum absolute atomic E-state index is 4.14. The highest BCUT2D eigenvalue weighted by molar-refractivity contribution is 7.80. The monoisotopic (exact) mass is 117 g/mol. The second-order valence-electron chi connectivity index (χ2n) is 1.75. The molecule has 0 nitrogen and oxygen atoms in total. The average molecular weight is 117 g/mol. The van der Waals surface area contributed by atoms with Crippen LogP contribution >= 0.6 is 12.6 Å². The maximum atomic E-state index is 4.14. The largest absolute Gasteiger partial charge is 0.179 e. The minimum Gasteiger partial charge on any atom is -0.179 e. The van der Waals surface area contributed by atoms with Crippen LogP contribution in [0.3, 0.4) is 0 Å². The molecule has 43 valence electrons. The molecule has 1 radical (unpaired) electrons. The van der Waals surface area contributed by atoms with E-state index in [0.717, 1.165) is 18.1 Å². The van der Waals surface area contributed by atoms with Crippen LogP contribution in [-0.4, -0.2) is 5.75 Å². The summed E-state index contributed by atoms with van der Waals surface area (Å²) in [6.07, 6.45) is 2.24. The molecule has 7 heavy (non-hydrogen) atoms. The van der Waals surface area contributed by atoms with Crippen LogP contribution in [0.4, 0.5) is 0 Å². The number of rotatable bonds is 3. The first-order valence-corrected chi connectivity index (χ1v) is 3.38. The zero-order valence-corrected chi connectivity index (χ0v) is 5.75. The molecule has 0 aromatic carbocycles. The fraction of sp³-hybridized carbons (Fsp3) is 0.833. The molecule has 0 aromatic heterocycles. The first-order valence-electron chi connectivity index (χ1n) is 2.75. The lowest BCUT2D eigenvalue weighted by molar-refractivity contribution is 0.582. The summed E-state index contributed by atoms with van der Waals surface area (Å²) in [4.78, 5) is 0. The molecule has 0 aliphatic rings. The molecular weight excluding hydrogens is 104 g/mol. The van der Waals surface area contributed by atoms with Gasteiger partial charge in [-0.3, -0.25) is 0 Å². The van der Waals surface area contributed by atoms with Crippen LogP contribution in [0, 0.1) is 12.8 Å². The van der Waals surface area contributed by atoms with Crippen molar-refractivity contribution in [2.75, 3.05) is 5.75 Å². The highest BCUT2D eigenvalue weighted by Gasteiger charge is 1.96. The van der Waals surface area contributed by atoms with Gasteiger partial charge in [-0.25, -0.2) is 0 Å². The van der Waals surface area contributed by atoms with E-state index in [4.69, 9.17) is 0 Å². The molecule has 0 aromatic rings. The minimum absolute atomic E-state index is 0.739. The van der Waals surface area contributed by atoms with Gasteiger partial charge >= 0.3 is 0 Å². The summed E-state index contributed by atoms with van der Waals surface area (Å²) in [5.41, 5.74) is 0. The van der Waals surface area contributed by atoms with E-state index in [2.05, 4.69) is 26.5 Å². The Bertz CT molecular complexity index is 25.7. The summed E-state index contributed by atoms with van der Waals surface area (Å²) in [5, 5.41) is 0. The van der Waals surface area contributed by atoms with Crippen molar-refractivity contribution in [1.82, 2.24) is 0 Å². The minimum atomic E-state index is 0.739. The molecule has 1 heteroatoms. The maximum Gasteiger partial charge on any atom is -0.00696 e. The Hall–Kier alpha value is 0.350. The molecule has 0 heterocycles. The fourth-order valence-corrected chi connectivity index (χ4v) is 0.865. The number of thiol groups is 1. The molecular formula is C6H13S. The van der Waals surface area contributed by atoms with Crippen molar-refractivity contribution in [1.29, 1.82) is 0 Å². The molecule has 0 aliphatic heterocycles. The van der Waals surface area contributed by atoms with Gasteiger partial charge in [0.15, 0.2) is 0 Å². The van der Waals surface area contributed by atoms with E-state index in [1.807, 2.05) is 0 Å². The topological polar surface area (TPSA) is 0 Å². The first-order chi connectivity index (χ1) is 3.35. The van der Waals surface area contributed by atoms with Crippen molar-refractivity contribution >= 4 is 12.6 Å². The standard InChI is InChI=1S/C6H13S/c1-3-6(4-2)5-7/h6-7H,1,3-5H2,2H3. The zero-order valence-electron chi connectivity index (χ0n) is 4.85. The second-order valence-corrected chi connectivity index (χ2v) is 2.11. The molecule has 0 spiro atoms. The van der Waals surface area contributed by atoms with Gasteiger partial charge in [0.05, 0.1) is 0 Å². The normalized spacial score (nSPS) is 10.3. The highest BCUT2D eigenvalue weighted by atomic mass is 32.1. The van der Waals surface area contributed by atoms with Gasteiger partial charge in [0.25, 0.3) is 0 Å². The van der Waals surface area contributed by atoms with Crippen LogP contribution in [0.1, 0.15) is 19.8 Å². The Labute approximate surface area is 51.7 Å². The van der Waals surface area contributed by atoms with Crippen molar-refractivity contribution in [3.05, 3.63) is 6.92 Å². The predicted molar refractivity (Wildman–Crippen MR) is 37.6 cm³/mol. The Morgan fingerprint density at radius 3 is 2.29 bits per heavy atom. The molecule has 0 bridgehead atoms. The van der Waals surface area contributed by atoms with E-state index in [1.165, 1.54) is 6.42 Å². The van der Waals surface area contributed by atoms with E-state index >= 15 is 0 Å². The van der Waals surface area contributed by atoms with Crippen LogP contribution in [0.25, 0.3) is 0 Å². The van der Waals surface area contributed by atoms with Gasteiger partial charge in [-0.05, 0) is 18.1 Å². The Morgan fingerprint density at radius 2 is 2.29 bits per heavy atom. The summed E-state index contributed by atoms with van der Waals surface area (Å²) < 4.78 is 0. The lowest BCUT2D eigenvalue weighted by atomic mass is 10.1. The van der Waals surface area contributed by atoms with Gasteiger partial charge in [-0.15, -0.1) is 0 Å². The van der Waals surface area contributed by atoms with Gasteiger partial charge in [0.1, 0.15) is 0 Å². The van der Waals surface area contributed by atoms with Crippen LogP contribution < -0.4 is 0 Å². The summed E-state index contributed by atoms with van der Waals surface area (Å²) in [7, 11) is 0. The van der Waals surface area contributed by atoms with Gasteiger partial charge < -0.3 is 0 Å². The first kappa shape index (κ1) is 7.35. The fourth-order valence-electron chi connectivity index (χ4n) is 0.425. The van der Waals surface area contributed by atoms with Crippen molar-refractivity contribution in [2.45, 2.75) is 19.8 Å². The zero-order chi connectivity index (χ0) is 5.70. The molecule has 1 unspecified atom stereocenters. The smallest absolute Gasteiger partial charge is 0.00696 e. The molecule has 0 fully saturated rings. The average Bonchev–Trinajstić information content (AvgIpc) is 1.72. The summed E-state index contributed by atoms with van der Waals surface area (Å²) >= 11 is 4.14. The molecule has 0 aliphatic carbocycles. The molecule has 1 atom stereocenters.